The molecular formula is C25H34O4S. The minimum Gasteiger partial charge on any atom is -0.468 e. The van der Waals surface area contributed by atoms with Crippen LogP contribution in [0.5, 0.6) is 0 Å². The third kappa shape index (κ3) is 3.73. The number of esters is 1. The molecule has 4 bridgehead atoms. The molecular weight excluding hydrogens is 396 g/mol. The summed E-state index contributed by atoms with van der Waals surface area (Å²) in [6.07, 6.45) is 9.42. The van der Waals surface area contributed by atoms with Crippen LogP contribution < -0.4 is 0 Å². The van der Waals surface area contributed by atoms with Crippen molar-refractivity contribution in [2.75, 3.05) is 7.11 Å². The smallest absolute Gasteiger partial charge is 0.322 e. The Morgan fingerprint density at radius 1 is 1.07 bits per heavy atom. The third-order valence-corrected chi connectivity index (χ3v) is 9.09. The summed E-state index contributed by atoms with van der Waals surface area (Å²) in [5, 5.41) is 0.149. The molecule has 3 fully saturated rings. The lowest BCUT2D eigenvalue weighted by Gasteiger charge is -2.47. The van der Waals surface area contributed by atoms with Crippen molar-refractivity contribution in [2.45, 2.75) is 93.0 Å². The molecule has 1 aromatic rings. The van der Waals surface area contributed by atoms with Gasteiger partial charge >= 0.3 is 5.97 Å². The van der Waals surface area contributed by atoms with Crippen molar-refractivity contribution in [2.24, 2.45) is 11.3 Å². The number of carbonyl (C=O) groups is 2. The summed E-state index contributed by atoms with van der Waals surface area (Å²) in [4.78, 5) is 28.4. The predicted octanol–water partition coefficient (Wildman–Crippen LogP) is 5.58. The van der Waals surface area contributed by atoms with E-state index in [1.165, 1.54) is 31.3 Å². The Labute approximate surface area is 184 Å². The lowest BCUT2D eigenvalue weighted by molar-refractivity contribution is -0.197. The fourth-order valence-corrected chi connectivity index (χ4v) is 7.25. The number of methoxy groups -OCH3 is 1. The molecule has 4 rings (SSSR count). The molecule has 30 heavy (non-hydrogen) atoms. The van der Waals surface area contributed by atoms with Crippen LogP contribution in [-0.4, -0.2) is 35.8 Å². The Morgan fingerprint density at radius 3 is 2.43 bits per heavy atom. The second-order valence-electron chi connectivity index (χ2n) is 9.34. The first-order valence-corrected chi connectivity index (χ1v) is 12.4. The van der Waals surface area contributed by atoms with Crippen molar-refractivity contribution in [3.8, 4) is 0 Å². The molecule has 1 aromatic carbocycles. The number of hydrogen-bond donors (Lipinski definition) is 0. The van der Waals surface area contributed by atoms with Gasteiger partial charge in [0.1, 0.15) is 0 Å². The fourth-order valence-electron chi connectivity index (χ4n) is 5.88. The highest BCUT2D eigenvalue weighted by Gasteiger charge is 2.69. The van der Waals surface area contributed by atoms with E-state index in [2.05, 4.69) is 19.1 Å². The van der Waals surface area contributed by atoms with Crippen molar-refractivity contribution >= 4 is 23.5 Å². The second-order valence-corrected chi connectivity index (χ2v) is 10.6. The Balaban J connectivity index is 1.72. The predicted molar refractivity (Wildman–Crippen MR) is 118 cm³/mol. The summed E-state index contributed by atoms with van der Waals surface area (Å²) in [5.74, 6) is -0.548. The van der Waals surface area contributed by atoms with Crippen LogP contribution in [0.15, 0.2) is 35.2 Å². The van der Waals surface area contributed by atoms with Crippen LogP contribution in [0.4, 0.5) is 0 Å². The van der Waals surface area contributed by atoms with Gasteiger partial charge in [-0.2, -0.15) is 0 Å². The molecule has 2 aliphatic heterocycles. The first-order chi connectivity index (χ1) is 14.5. The zero-order chi connectivity index (χ0) is 21.2. The summed E-state index contributed by atoms with van der Waals surface area (Å²) < 4.78 is 11.9. The van der Waals surface area contributed by atoms with E-state index in [0.29, 0.717) is 12.8 Å². The number of hydrogen-bond acceptors (Lipinski definition) is 5. The van der Waals surface area contributed by atoms with E-state index in [-0.39, 0.29) is 29.0 Å². The molecule has 2 heterocycles. The number of thioether (sulfide) groups is 1. The quantitative estimate of drug-likeness (QED) is 0.463. The van der Waals surface area contributed by atoms with E-state index in [0.717, 1.165) is 32.1 Å². The molecule has 0 amide bonds. The summed E-state index contributed by atoms with van der Waals surface area (Å²) in [6.45, 7) is 2.11. The van der Waals surface area contributed by atoms with Gasteiger partial charge in [0.25, 0.3) is 0 Å². The lowest BCUT2D eigenvalue weighted by atomic mass is 9.65. The highest BCUT2D eigenvalue weighted by atomic mass is 32.2. The van der Waals surface area contributed by atoms with E-state index in [1.807, 2.05) is 18.2 Å². The van der Waals surface area contributed by atoms with Crippen LogP contribution in [0, 0.1) is 11.3 Å². The van der Waals surface area contributed by atoms with Crippen molar-refractivity contribution in [3.05, 3.63) is 30.3 Å². The van der Waals surface area contributed by atoms with Crippen LogP contribution in [0.1, 0.15) is 71.1 Å². The van der Waals surface area contributed by atoms with Crippen molar-refractivity contribution in [1.29, 1.82) is 0 Å². The molecule has 0 radical (unpaired) electrons. The summed E-state index contributed by atoms with van der Waals surface area (Å²) >= 11 is 1.80. The van der Waals surface area contributed by atoms with Crippen LogP contribution in [-0.2, 0) is 19.1 Å². The Kier molecular flexibility index (Phi) is 6.59. The molecule has 1 aliphatic carbocycles. The summed E-state index contributed by atoms with van der Waals surface area (Å²) in [6, 6.07) is 10.3. The Bertz CT molecular complexity index is 766. The largest absolute Gasteiger partial charge is 0.468 e. The van der Waals surface area contributed by atoms with E-state index in [1.54, 1.807) is 11.8 Å². The maximum Gasteiger partial charge on any atom is 0.322 e. The van der Waals surface area contributed by atoms with Crippen LogP contribution in [0.25, 0.3) is 0 Å². The maximum atomic E-state index is 14.0. The van der Waals surface area contributed by atoms with E-state index >= 15 is 0 Å². The molecule has 3 aliphatic rings. The molecule has 0 aromatic heterocycles. The first kappa shape index (κ1) is 21.9. The van der Waals surface area contributed by atoms with Gasteiger partial charge in [-0.05, 0) is 38.3 Å². The number of fused-ring (bicyclic) bond motifs is 6. The fraction of sp³-hybridized carbons (Fsp3) is 0.680. The first-order valence-electron chi connectivity index (χ1n) is 11.5. The van der Waals surface area contributed by atoms with Crippen LogP contribution >= 0.6 is 11.8 Å². The van der Waals surface area contributed by atoms with Gasteiger partial charge in [0.05, 0.1) is 18.8 Å². The average molecular weight is 431 g/mol. The van der Waals surface area contributed by atoms with Gasteiger partial charge in [-0.25, -0.2) is 0 Å². The van der Waals surface area contributed by atoms with Crippen LogP contribution in [0.3, 0.4) is 0 Å². The minimum absolute atomic E-state index is 0.0878. The molecule has 5 atom stereocenters. The van der Waals surface area contributed by atoms with Crippen molar-refractivity contribution in [3.63, 3.8) is 0 Å². The van der Waals surface area contributed by atoms with Gasteiger partial charge in [-0.15, -0.1) is 11.8 Å². The van der Waals surface area contributed by atoms with Gasteiger partial charge < -0.3 is 9.47 Å². The average Bonchev–Trinajstić information content (AvgIpc) is 3.05. The monoisotopic (exact) mass is 430 g/mol. The molecule has 1 saturated carbocycles. The topological polar surface area (TPSA) is 52.6 Å². The van der Waals surface area contributed by atoms with E-state index in [9.17, 15) is 9.59 Å². The number of ketones is 1. The highest BCUT2D eigenvalue weighted by molar-refractivity contribution is 8.00. The van der Waals surface area contributed by atoms with Gasteiger partial charge in [0.15, 0.2) is 11.2 Å². The second kappa shape index (κ2) is 9.04. The molecule has 4 nitrogen and oxygen atoms in total. The Hall–Kier alpha value is -1.33. The lowest BCUT2D eigenvalue weighted by Crippen LogP contribution is -2.61. The van der Waals surface area contributed by atoms with Gasteiger partial charge in [-0.1, -0.05) is 63.1 Å². The minimum atomic E-state index is -1.13. The van der Waals surface area contributed by atoms with Gasteiger partial charge in [0, 0.05) is 16.1 Å². The van der Waals surface area contributed by atoms with E-state index in [4.69, 9.17) is 9.47 Å². The molecule has 0 unspecified atom stereocenters. The molecule has 0 spiro atoms. The van der Waals surface area contributed by atoms with Crippen LogP contribution in [0.2, 0.25) is 0 Å². The normalized spacial score (nSPS) is 37.1. The summed E-state index contributed by atoms with van der Waals surface area (Å²) in [5.41, 5.74) is -1.67. The SMILES string of the molecule is COC(=O)[C@@]12CCCCCCCCC[C@H](C1=O)[C@]1(C)O[C@H]2C[C@H]1Sc1ccccc1. The highest BCUT2D eigenvalue weighted by Crippen LogP contribution is 2.58. The molecule has 0 N–H and O–H groups in total. The van der Waals surface area contributed by atoms with Gasteiger partial charge in [-0.3, -0.25) is 9.59 Å². The van der Waals surface area contributed by atoms with E-state index < -0.39 is 11.0 Å². The number of ether oxygens (including phenoxy) is 2. The number of benzene rings is 1. The summed E-state index contributed by atoms with van der Waals surface area (Å²) in [7, 11) is 1.41. The van der Waals surface area contributed by atoms with Crippen molar-refractivity contribution in [1.82, 2.24) is 0 Å². The zero-order valence-corrected chi connectivity index (χ0v) is 19.0. The van der Waals surface area contributed by atoms with Gasteiger partial charge in [0.2, 0.25) is 0 Å². The number of Topliss-reactive ketones (excluding diaryl/α,β-unsaturated/α-hetero) is 1. The zero-order valence-electron chi connectivity index (χ0n) is 18.2. The number of rotatable bonds is 3. The molecule has 164 valence electrons. The standard InChI is InChI=1S/C25H34O4S/c1-24-19-15-11-6-4-3-5-7-12-16-25(22(19)26,23(27)28-2)20(29-24)17-21(24)30-18-13-9-8-10-14-18/h8-10,13-14,19-21H,3-7,11-12,15-17H2,1-2H3/t19-,20+,21-,24+,25-/m1/s1. The number of carbonyl (C=O) groups excluding carboxylic acids is 2. The molecule has 2 saturated heterocycles. The van der Waals surface area contributed by atoms with Crippen molar-refractivity contribution < 1.29 is 19.1 Å². The third-order valence-electron chi connectivity index (χ3n) is 7.60. The Morgan fingerprint density at radius 2 is 1.73 bits per heavy atom. The molecule has 5 heteroatoms. The maximum absolute atomic E-state index is 14.0.